The predicted octanol–water partition coefficient (Wildman–Crippen LogP) is 3.38. The molecule has 0 aliphatic carbocycles. The summed E-state index contributed by atoms with van der Waals surface area (Å²) in [4.78, 5) is 1.33. The Morgan fingerprint density at radius 3 is 2.50 bits per heavy atom. The Bertz CT molecular complexity index is 243. The smallest absolute Gasteiger partial charge is 0.0469 e. The van der Waals surface area contributed by atoms with Crippen LogP contribution >= 0.6 is 11.8 Å². The third-order valence-electron chi connectivity index (χ3n) is 2.12. The predicted molar refractivity (Wildman–Crippen MR) is 63.0 cm³/mol. The lowest BCUT2D eigenvalue weighted by atomic mass is 10.1. The molecule has 0 aromatic heterocycles. The van der Waals surface area contributed by atoms with Crippen LogP contribution in [0, 0.1) is 0 Å². The van der Waals surface area contributed by atoms with E-state index in [4.69, 9.17) is 4.74 Å². The van der Waals surface area contributed by atoms with Crippen molar-refractivity contribution in [2.45, 2.75) is 24.7 Å². The molecule has 0 saturated carbocycles. The summed E-state index contributed by atoms with van der Waals surface area (Å²) in [6.07, 6.45) is 4.34. The van der Waals surface area contributed by atoms with E-state index in [1.807, 2.05) is 6.92 Å². The van der Waals surface area contributed by atoms with Crippen molar-refractivity contribution in [3.63, 3.8) is 0 Å². The summed E-state index contributed by atoms with van der Waals surface area (Å²) in [5, 5.41) is 0. The van der Waals surface area contributed by atoms with Gasteiger partial charge in [0.25, 0.3) is 0 Å². The van der Waals surface area contributed by atoms with E-state index in [2.05, 4.69) is 30.5 Å². The second-order valence-corrected chi connectivity index (χ2v) is 4.03. The van der Waals surface area contributed by atoms with E-state index in [1.165, 1.54) is 10.5 Å². The molecular formula is C12H18OS. The Labute approximate surface area is 90.9 Å². The van der Waals surface area contributed by atoms with Crippen molar-refractivity contribution in [2.24, 2.45) is 0 Å². The SMILES string of the molecule is CCOCCCc1ccc(SC)cc1. The molecule has 0 N–H and O–H groups in total. The highest BCUT2D eigenvalue weighted by Crippen LogP contribution is 2.15. The fourth-order valence-electron chi connectivity index (χ4n) is 1.31. The van der Waals surface area contributed by atoms with Gasteiger partial charge in [-0.3, -0.25) is 0 Å². The molecule has 0 spiro atoms. The summed E-state index contributed by atoms with van der Waals surface area (Å²) in [6.45, 7) is 3.74. The quantitative estimate of drug-likeness (QED) is 0.526. The lowest BCUT2D eigenvalue weighted by Gasteiger charge is -2.03. The number of benzene rings is 1. The molecule has 0 fully saturated rings. The average molecular weight is 210 g/mol. The zero-order valence-corrected chi connectivity index (χ0v) is 9.77. The van der Waals surface area contributed by atoms with Gasteiger partial charge < -0.3 is 4.74 Å². The number of rotatable bonds is 6. The minimum Gasteiger partial charge on any atom is -0.382 e. The maximum atomic E-state index is 5.30. The van der Waals surface area contributed by atoms with Crippen LogP contribution in [-0.2, 0) is 11.2 Å². The lowest BCUT2D eigenvalue weighted by molar-refractivity contribution is 0.145. The Kier molecular flexibility index (Phi) is 5.72. The van der Waals surface area contributed by atoms with Gasteiger partial charge in [0.15, 0.2) is 0 Å². The standard InChI is InChI=1S/C12H18OS/c1-3-13-10-4-5-11-6-8-12(14-2)9-7-11/h6-9H,3-5,10H2,1-2H3. The average Bonchev–Trinajstić information content (AvgIpc) is 2.25. The minimum absolute atomic E-state index is 0.825. The van der Waals surface area contributed by atoms with E-state index in [0.29, 0.717) is 0 Å². The van der Waals surface area contributed by atoms with Crippen LogP contribution in [0.3, 0.4) is 0 Å². The molecule has 0 amide bonds. The number of hydrogen-bond acceptors (Lipinski definition) is 2. The molecule has 0 bridgehead atoms. The highest BCUT2D eigenvalue weighted by atomic mass is 32.2. The fourth-order valence-corrected chi connectivity index (χ4v) is 1.72. The minimum atomic E-state index is 0.825. The molecule has 78 valence electrons. The van der Waals surface area contributed by atoms with Gasteiger partial charge in [-0.2, -0.15) is 0 Å². The Hall–Kier alpha value is -0.470. The van der Waals surface area contributed by atoms with Crippen LogP contribution in [0.25, 0.3) is 0 Å². The molecule has 14 heavy (non-hydrogen) atoms. The fraction of sp³-hybridized carbons (Fsp3) is 0.500. The maximum absolute atomic E-state index is 5.30. The number of hydrogen-bond donors (Lipinski definition) is 0. The van der Waals surface area contributed by atoms with Gasteiger partial charge in [0.1, 0.15) is 0 Å². The van der Waals surface area contributed by atoms with Gasteiger partial charge in [0, 0.05) is 18.1 Å². The van der Waals surface area contributed by atoms with Crippen LogP contribution in [0.15, 0.2) is 29.2 Å². The van der Waals surface area contributed by atoms with Gasteiger partial charge in [0.05, 0.1) is 0 Å². The molecule has 0 atom stereocenters. The zero-order valence-electron chi connectivity index (χ0n) is 8.95. The zero-order chi connectivity index (χ0) is 10.2. The molecule has 0 saturated heterocycles. The van der Waals surface area contributed by atoms with Gasteiger partial charge in [-0.05, 0) is 43.7 Å². The summed E-state index contributed by atoms with van der Waals surface area (Å²) in [6, 6.07) is 8.77. The summed E-state index contributed by atoms with van der Waals surface area (Å²) in [7, 11) is 0. The Balaban J connectivity index is 2.29. The largest absolute Gasteiger partial charge is 0.382 e. The molecular weight excluding hydrogens is 192 g/mol. The van der Waals surface area contributed by atoms with E-state index in [-0.39, 0.29) is 0 Å². The van der Waals surface area contributed by atoms with Crippen LogP contribution in [0.4, 0.5) is 0 Å². The molecule has 1 aromatic carbocycles. The van der Waals surface area contributed by atoms with Gasteiger partial charge in [0.2, 0.25) is 0 Å². The molecule has 0 heterocycles. The third-order valence-corrected chi connectivity index (χ3v) is 2.86. The van der Waals surface area contributed by atoms with Gasteiger partial charge in [-0.1, -0.05) is 12.1 Å². The Morgan fingerprint density at radius 1 is 1.21 bits per heavy atom. The van der Waals surface area contributed by atoms with E-state index < -0.39 is 0 Å². The third kappa shape index (κ3) is 4.16. The van der Waals surface area contributed by atoms with E-state index in [1.54, 1.807) is 11.8 Å². The number of ether oxygens (including phenoxy) is 1. The summed E-state index contributed by atoms with van der Waals surface area (Å²) >= 11 is 1.78. The first-order valence-electron chi connectivity index (χ1n) is 5.07. The molecule has 2 heteroatoms. The van der Waals surface area contributed by atoms with Crippen molar-refractivity contribution in [2.75, 3.05) is 19.5 Å². The summed E-state index contributed by atoms with van der Waals surface area (Å²) in [5.41, 5.74) is 1.41. The first kappa shape index (κ1) is 11.6. The molecule has 0 radical (unpaired) electrons. The lowest BCUT2D eigenvalue weighted by Crippen LogP contribution is -1.95. The highest BCUT2D eigenvalue weighted by molar-refractivity contribution is 7.98. The number of aryl methyl sites for hydroxylation is 1. The first-order chi connectivity index (χ1) is 6.86. The summed E-state index contributed by atoms with van der Waals surface area (Å²) in [5.74, 6) is 0. The van der Waals surface area contributed by atoms with Gasteiger partial charge >= 0.3 is 0 Å². The normalized spacial score (nSPS) is 10.4. The van der Waals surface area contributed by atoms with Crippen LogP contribution in [0.1, 0.15) is 18.9 Å². The molecule has 1 rings (SSSR count). The highest BCUT2D eigenvalue weighted by Gasteiger charge is 1.94. The van der Waals surface area contributed by atoms with E-state index >= 15 is 0 Å². The topological polar surface area (TPSA) is 9.23 Å². The van der Waals surface area contributed by atoms with Crippen molar-refractivity contribution < 1.29 is 4.74 Å². The van der Waals surface area contributed by atoms with E-state index in [0.717, 1.165) is 26.1 Å². The molecule has 0 aliphatic heterocycles. The van der Waals surface area contributed by atoms with Crippen LogP contribution in [0.2, 0.25) is 0 Å². The monoisotopic (exact) mass is 210 g/mol. The van der Waals surface area contributed by atoms with Crippen molar-refractivity contribution in [1.82, 2.24) is 0 Å². The van der Waals surface area contributed by atoms with Crippen molar-refractivity contribution in [1.29, 1.82) is 0 Å². The number of thioether (sulfide) groups is 1. The maximum Gasteiger partial charge on any atom is 0.0469 e. The van der Waals surface area contributed by atoms with Crippen LogP contribution in [0.5, 0.6) is 0 Å². The van der Waals surface area contributed by atoms with Crippen molar-refractivity contribution in [3.05, 3.63) is 29.8 Å². The molecule has 1 aromatic rings. The summed E-state index contributed by atoms with van der Waals surface area (Å²) < 4.78 is 5.30. The molecule has 0 aliphatic rings. The molecule has 0 unspecified atom stereocenters. The second-order valence-electron chi connectivity index (χ2n) is 3.15. The van der Waals surface area contributed by atoms with E-state index in [9.17, 15) is 0 Å². The van der Waals surface area contributed by atoms with Crippen molar-refractivity contribution in [3.8, 4) is 0 Å². The molecule has 1 nitrogen and oxygen atoms in total. The van der Waals surface area contributed by atoms with Crippen molar-refractivity contribution >= 4 is 11.8 Å². The van der Waals surface area contributed by atoms with Gasteiger partial charge in [-0.25, -0.2) is 0 Å². The van der Waals surface area contributed by atoms with Crippen LogP contribution in [-0.4, -0.2) is 19.5 Å². The Morgan fingerprint density at radius 2 is 1.93 bits per heavy atom. The van der Waals surface area contributed by atoms with Crippen LogP contribution < -0.4 is 0 Å². The first-order valence-corrected chi connectivity index (χ1v) is 6.30. The van der Waals surface area contributed by atoms with Gasteiger partial charge in [-0.15, -0.1) is 11.8 Å². The second kappa shape index (κ2) is 6.91.